The third-order valence-electron chi connectivity index (χ3n) is 4.06. The summed E-state index contributed by atoms with van der Waals surface area (Å²) in [6.45, 7) is 3.37. The number of carbonyl (C=O) groups excluding carboxylic acids is 1. The lowest BCUT2D eigenvalue weighted by Crippen LogP contribution is -2.45. The number of nitrogens with one attached hydrogen (secondary N) is 2. The Bertz CT molecular complexity index is 481. The van der Waals surface area contributed by atoms with Crippen molar-refractivity contribution in [3.05, 3.63) is 35.9 Å². The normalized spacial score (nSPS) is 23.2. The van der Waals surface area contributed by atoms with Crippen LogP contribution in [0.15, 0.2) is 30.3 Å². The van der Waals surface area contributed by atoms with Gasteiger partial charge in [0, 0.05) is 6.54 Å². The molecule has 5 heteroatoms. The lowest BCUT2D eigenvalue weighted by Gasteiger charge is -2.27. The molecule has 0 spiro atoms. The molecule has 1 aliphatic heterocycles. The zero-order valence-electron chi connectivity index (χ0n) is 11.6. The van der Waals surface area contributed by atoms with E-state index in [0.717, 1.165) is 13.0 Å². The second-order valence-electron chi connectivity index (χ2n) is 5.22. The van der Waals surface area contributed by atoms with Crippen molar-refractivity contribution in [2.75, 3.05) is 13.1 Å². The first-order valence-corrected chi connectivity index (χ1v) is 6.88. The SMILES string of the molecule is CCC1(C(=O)NC(C(=O)O)c2ccccc2)CCNC1. The van der Waals surface area contributed by atoms with E-state index in [9.17, 15) is 14.7 Å². The maximum Gasteiger partial charge on any atom is 0.330 e. The molecular weight excluding hydrogens is 256 g/mol. The van der Waals surface area contributed by atoms with Gasteiger partial charge in [0.05, 0.1) is 5.41 Å². The first-order chi connectivity index (χ1) is 9.59. The van der Waals surface area contributed by atoms with Crippen molar-refractivity contribution in [1.29, 1.82) is 0 Å². The second kappa shape index (κ2) is 6.05. The number of rotatable bonds is 5. The summed E-state index contributed by atoms with van der Waals surface area (Å²) in [5.74, 6) is -1.22. The van der Waals surface area contributed by atoms with E-state index in [-0.39, 0.29) is 5.91 Å². The van der Waals surface area contributed by atoms with E-state index in [1.165, 1.54) is 0 Å². The van der Waals surface area contributed by atoms with Gasteiger partial charge >= 0.3 is 5.97 Å². The lowest BCUT2D eigenvalue weighted by molar-refractivity contribution is -0.144. The molecule has 3 N–H and O–H groups in total. The minimum Gasteiger partial charge on any atom is -0.479 e. The fourth-order valence-corrected chi connectivity index (χ4v) is 2.62. The third-order valence-corrected chi connectivity index (χ3v) is 4.06. The summed E-state index contributed by atoms with van der Waals surface area (Å²) < 4.78 is 0. The average Bonchev–Trinajstić information content (AvgIpc) is 2.95. The summed E-state index contributed by atoms with van der Waals surface area (Å²) in [5, 5.41) is 15.2. The fraction of sp³-hybridized carbons (Fsp3) is 0.467. The van der Waals surface area contributed by atoms with Crippen molar-refractivity contribution in [1.82, 2.24) is 10.6 Å². The van der Waals surface area contributed by atoms with Crippen LogP contribution in [-0.2, 0) is 9.59 Å². The van der Waals surface area contributed by atoms with Gasteiger partial charge in [-0.05, 0) is 24.9 Å². The molecular formula is C15H20N2O3. The molecule has 0 aromatic heterocycles. The highest BCUT2D eigenvalue weighted by atomic mass is 16.4. The van der Waals surface area contributed by atoms with E-state index in [0.29, 0.717) is 18.5 Å². The number of carboxylic acids is 1. The summed E-state index contributed by atoms with van der Waals surface area (Å²) in [6.07, 6.45) is 1.45. The molecule has 1 saturated heterocycles. The Morgan fingerprint density at radius 3 is 2.60 bits per heavy atom. The Morgan fingerprint density at radius 1 is 1.40 bits per heavy atom. The first kappa shape index (κ1) is 14.5. The van der Waals surface area contributed by atoms with Gasteiger partial charge in [0.15, 0.2) is 6.04 Å². The van der Waals surface area contributed by atoms with Gasteiger partial charge in [0.25, 0.3) is 0 Å². The predicted molar refractivity (Wildman–Crippen MR) is 75.2 cm³/mol. The van der Waals surface area contributed by atoms with Crippen LogP contribution in [0.5, 0.6) is 0 Å². The van der Waals surface area contributed by atoms with Crippen LogP contribution < -0.4 is 10.6 Å². The van der Waals surface area contributed by atoms with Crippen molar-refractivity contribution < 1.29 is 14.7 Å². The molecule has 1 aliphatic rings. The Kier molecular flexibility index (Phi) is 4.39. The van der Waals surface area contributed by atoms with Gasteiger partial charge < -0.3 is 15.7 Å². The smallest absolute Gasteiger partial charge is 0.330 e. The van der Waals surface area contributed by atoms with Crippen molar-refractivity contribution in [2.45, 2.75) is 25.8 Å². The molecule has 20 heavy (non-hydrogen) atoms. The monoisotopic (exact) mass is 276 g/mol. The van der Waals surface area contributed by atoms with Gasteiger partial charge in [-0.3, -0.25) is 4.79 Å². The fourth-order valence-electron chi connectivity index (χ4n) is 2.62. The van der Waals surface area contributed by atoms with Crippen molar-refractivity contribution >= 4 is 11.9 Å². The number of benzene rings is 1. The van der Waals surface area contributed by atoms with Gasteiger partial charge in [-0.2, -0.15) is 0 Å². The zero-order chi connectivity index (χ0) is 14.6. The highest BCUT2D eigenvalue weighted by molar-refractivity contribution is 5.88. The summed E-state index contributed by atoms with van der Waals surface area (Å²) >= 11 is 0. The van der Waals surface area contributed by atoms with Crippen molar-refractivity contribution in [3.8, 4) is 0 Å². The number of carbonyl (C=O) groups is 2. The molecule has 108 valence electrons. The van der Waals surface area contributed by atoms with E-state index in [4.69, 9.17) is 0 Å². The largest absolute Gasteiger partial charge is 0.479 e. The minimum atomic E-state index is -1.04. The average molecular weight is 276 g/mol. The molecule has 0 aliphatic carbocycles. The van der Waals surface area contributed by atoms with E-state index in [2.05, 4.69) is 10.6 Å². The molecule has 1 aromatic rings. The molecule has 0 radical (unpaired) electrons. The van der Waals surface area contributed by atoms with Crippen molar-refractivity contribution in [3.63, 3.8) is 0 Å². The van der Waals surface area contributed by atoms with Crippen LogP contribution in [0.1, 0.15) is 31.4 Å². The van der Waals surface area contributed by atoms with Gasteiger partial charge in [0.2, 0.25) is 5.91 Å². The Labute approximate surface area is 118 Å². The first-order valence-electron chi connectivity index (χ1n) is 6.88. The van der Waals surface area contributed by atoms with Crippen LogP contribution in [0.3, 0.4) is 0 Å². The van der Waals surface area contributed by atoms with Crippen LogP contribution in [0, 0.1) is 5.41 Å². The van der Waals surface area contributed by atoms with Gasteiger partial charge in [-0.1, -0.05) is 37.3 Å². The highest BCUT2D eigenvalue weighted by Gasteiger charge is 2.41. The van der Waals surface area contributed by atoms with Crippen LogP contribution in [0.2, 0.25) is 0 Å². The van der Waals surface area contributed by atoms with Gasteiger partial charge in [-0.15, -0.1) is 0 Å². The number of hydrogen-bond acceptors (Lipinski definition) is 3. The van der Waals surface area contributed by atoms with E-state index < -0.39 is 17.4 Å². The Balaban J connectivity index is 2.17. The quantitative estimate of drug-likeness (QED) is 0.758. The molecule has 2 unspecified atom stereocenters. The third kappa shape index (κ3) is 2.82. The summed E-state index contributed by atoms with van der Waals surface area (Å²) in [5.41, 5.74) is 0.105. The molecule has 1 aromatic carbocycles. The number of aliphatic carboxylic acids is 1. The molecule has 2 atom stereocenters. The number of hydrogen-bond donors (Lipinski definition) is 3. The maximum absolute atomic E-state index is 12.5. The van der Waals surface area contributed by atoms with E-state index >= 15 is 0 Å². The number of amides is 1. The topological polar surface area (TPSA) is 78.4 Å². The molecule has 2 rings (SSSR count). The highest BCUT2D eigenvalue weighted by Crippen LogP contribution is 2.30. The van der Waals surface area contributed by atoms with Crippen LogP contribution >= 0.6 is 0 Å². The maximum atomic E-state index is 12.5. The van der Waals surface area contributed by atoms with Gasteiger partial charge in [0.1, 0.15) is 0 Å². The molecule has 5 nitrogen and oxygen atoms in total. The Hall–Kier alpha value is -1.88. The predicted octanol–water partition coefficient (Wildman–Crippen LogP) is 1.32. The molecule has 1 heterocycles. The van der Waals surface area contributed by atoms with Crippen LogP contribution in [0.25, 0.3) is 0 Å². The summed E-state index contributed by atoms with van der Waals surface area (Å²) in [4.78, 5) is 23.9. The van der Waals surface area contributed by atoms with Crippen LogP contribution in [-0.4, -0.2) is 30.1 Å². The summed E-state index contributed by atoms with van der Waals surface area (Å²) in [6, 6.07) is 7.79. The van der Waals surface area contributed by atoms with Crippen molar-refractivity contribution in [2.24, 2.45) is 5.41 Å². The lowest BCUT2D eigenvalue weighted by atomic mass is 9.83. The molecule has 1 fully saturated rings. The molecule has 1 amide bonds. The summed E-state index contributed by atoms with van der Waals surface area (Å²) in [7, 11) is 0. The van der Waals surface area contributed by atoms with Crippen LogP contribution in [0.4, 0.5) is 0 Å². The minimum absolute atomic E-state index is 0.179. The standard InChI is InChI=1S/C15H20N2O3/c1-2-15(8-9-16-10-15)14(20)17-12(13(18)19)11-6-4-3-5-7-11/h3-7,12,16H,2,8-10H2,1H3,(H,17,20)(H,18,19). The second-order valence-corrected chi connectivity index (χ2v) is 5.22. The van der Waals surface area contributed by atoms with E-state index in [1.807, 2.05) is 13.0 Å². The van der Waals surface area contributed by atoms with Gasteiger partial charge in [-0.25, -0.2) is 4.79 Å². The molecule has 0 saturated carbocycles. The number of carboxylic acid groups (broad SMARTS) is 1. The van der Waals surface area contributed by atoms with E-state index in [1.54, 1.807) is 24.3 Å². The zero-order valence-corrected chi connectivity index (χ0v) is 11.6. The molecule has 0 bridgehead atoms. The Morgan fingerprint density at radius 2 is 2.10 bits per heavy atom.